The number of ether oxygens (including phenoxy) is 1. The fourth-order valence-corrected chi connectivity index (χ4v) is 2.39. The second kappa shape index (κ2) is 6.01. The van der Waals surface area contributed by atoms with Gasteiger partial charge in [-0.2, -0.15) is 0 Å². The average Bonchev–Trinajstić information content (AvgIpc) is 2.78. The fourth-order valence-electron chi connectivity index (χ4n) is 2.39. The summed E-state index contributed by atoms with van der Waals surface area (Å²) in [5.74, 6) is 6.34. The molecule has 0 saturated carbocycles. The average molecular weight is 288 g/mol. The van der Waals surface area contributed by atoms with Crippen molar-refractivity contribution in [3.8, 4) is 5.75 Å². The van der Waals surface area contributed by atoms with Crippen LogP contribution in [0, 0.1) is 27.7 Å². The third-order valence-corrected chi connectivity index (χ3v) is 3.35. The van der Waals surface area contributed by atoms with E-state index in [9.17, 15) is 4.79 Å². The van der Waals surface area contributed by atoms with Crippen molar-refractivity contribution in [2.75, 3.05) is 0 Å². The molecule has 0 unspecified atom stereocenters. The van der Waals surface area contributed by atoms with Gasteiger partial charge >= 0.3 is 5.91 Å². The highest BCUT2D eigenvalue weighted by atomic mass is 16.5. The van der Waals surface area contributed by atoms with E-state index >= 15 is 0 Å². The number of aryl methyl sites for hydroxylation is 4. The number of hydrazine groups is 1. The lowest BCUT2D eigenvalue weighted by Gasteiger charge is -2.12. The summed E-state index contributed by atoms with van der Waals surface area (Å²) in [7, 11) is 0. The van der Waals surface area contributed by atoms with E-state index in [0.29, 0.717) is 12.4 Å². The van der Waals surface area contributed by atoms with Crippen LogP contribution in [0.2, 0.25) is 0 Å². The van der Waals surface area contributed by atoms with Crippen LogP contribution in [-0.2, 0) is 6.61 Å². The molecule has 2 rings (SSSR count). The van der Waals surface area contributed by atoms with Crippen LogP contribution in [0.4, 0.5) is 0 Å². The van der Waals surface area contributed by atoms with E-state index in [4.69, 9.17) is 15.0 Å². The highest BCUT2D eigenvalue weighted by molar-refractivity contribution is 5.91. The number of nitrogens with one attached hydrogen (secondary N) is 1. The monoisotopic (exact) mass is 288 g/mol. The first kappa shape index (κ1) is 15.1. The highest BCUT2D eigenvalue weighted by Crippen LogP contribution is 2.26. The van der Waals surface area contributed by atoms with E-state index in [0.717, 1.165) is 22.4 Å². The molecule has 0 aliphatic rings. The lowest BCUT2D eigenvalue weighted by Crippen LogP contribution is -2.29. The summed E-state index contributed by atoms with van der Waals surface area (Å²) < 4.78 is 11.3. The number of carbonyl (C=O) groups is 1. The smallest absolute Gasteiger partial charge is 0.300 e. The molecule has 3 N–H and O–H groups in total. The van der Waals surface area contributed by atoms with Crippen LogP contribution >= 0.6 is 0 Å². The number of amides is 1. The zero-order chi connectivity index (χ0) is 15.6. The zero-order valence-electron chi connectivity index (χ0n) is 12.7. The van der Waals surface area contributed by atoms with Gasteiger partial charge in [0.05, 0.1) is 0 Å². The predicted molar refractivity (Wildman–Crippen MR) is 80.1 cm³/mol. The van der Waals surface area contributed by atoms with Gasteiger partial charge in [-0.1, -0.05) is 17.7 Å². The first-order chi connectivity index (χ1) is 9.92. The number of furan rings is 1. The lowest BCUT2D eigenvalue weighted by atomic mass is 10.1. The second-order valence-corrected chi connectivity index (χ2v) is 5.18. The van der Waals surface area contributed by atoms with Crippen molar-refractivity contribution in [2.24, 2.45) is 5.84 Å². The largest absolute Gasteiger partial charge is 0.488 e. The molecule has 1 aromatic heterocycles. The van der Waals surface area contributed by atoms with E-state index in [1.807, 2.05) is 19.3 Å². The van der Waals surface area contributed by atoms with Gasteiger partial charge < -0.3 is 9.15 Å². The predicted octanol–water partition coefficient (Wildman–Crippen LogP) is 2.70. The molecule has 0 saturated heterocycles. The maximum atomic E-state index is 11.4. The molecule has 0 spiro atoms. The van der Waals surface area contributed by atoms with Gasteiger partial charge in [-0.15, -0.1) is 0 Å². The number of rotatable bonds is 4. The Bertz CT molecular complexity index is 651. The normalized spacial score (nSPS) is 10.5. The van der Waals surface area contributed by atoms with Crippen molar-refractivity contribution < 1.29 is 13.9 Å². The molecule has 112 valence electrons. The van der Waals surface area contributed by atoms with Crippen molar-refractivity contribution in [3.05, 3.63) is 52.0 Å². The summed E-state index contributed by atoms with van der Waals surface area (Å²) in [6.45, 7) is 8.23. The molecule has 1 heterocycles. The number of nitrogen functional groups attached to an aromatic ring is 1. The molecular weight excluding hydrogens is 268 g/mol. The van der Waals surface area contributed by atoms with Crippen molar-refractivity contribution in [2.45, 2.75) is 34.3 Å². The van der Waals surface area contributed by atoms with Crippen molar-refractivity contribution in [3.63, 3.8) is 0 Å². The quantitative estimate of drug-likeness (QED) is 0.515. The van der Waals surface area contributed by atoms with Crippen molar-refractivity contribution in [1.29, 1.82) is 0 Å². The minimum Gasteiger partial charge on any atom is -0.488 e. The van der Waals surface area contributed by atoms with Crippen LogP contribution in [-0.4, -0.2) is 5.91 Å². The van der Waals surface area contributed by atoms with Gasteiger partial charge in [0.2, 0.25) is 0 Å². The van der Waals surface area contributed by atoms with E-state index in [1.165, 1.54) is 5.56 Å². The molecule has 1 aromatic carbocycles. The summed E-state index contributed by atoms with van der Waals surface area (Å²) in [6, 6.07) is 5.81. The van der Waals surface area contributed by atoms with Crippen LogP contribution in [0.15, 0.2) is 22.6 Å². The zero-order valence-corrected chi connectivity index (χ0v) is 12.7. The van der Waals surface area contributed by atoms with Crippen LogP contribution in [0.25, 0.3) is 0 Å². The Morgan fingerprint density at radius 2 is 1.81 bits per heavy atom. The van der Waals surface area contributed by atoms with E-state index < -0.39 is 5.91 Å². The third-order valence-electron chi connectivity index (χ3n) is 3.35. The highest BCUT2D eigenvalue weighted by Gasteiger charge is 2.14. The number of hydrogen-bond donors (Lipinski definition) is 2. The van der Waals surface area contributed by atoms with E-state index in [2.05, 4.69) is 19.1 Å². The molecule has 5 nitrogen and oxygen atoms in total. The standard InChI is InChI=1S/C16H20N2O3/c1-9-5-10(2)15(11(3)6-9)20-8-13-7-14(16(19)18-17)21-12(13)4/h5-7H,8,17H2,1-4H3,(H,18,19). The first-order valence-electron chi connectivity index (χ1n) is 6.73. The Kier molecular flexibility index (Phi) is 4.33. The third kappa shape index (κ3) is 3.25. The molecule has 5 heteroatoms. The van der Waals surface area contributed by atoms with Crippen molar-refractivity contribution in [1.82, 2.24) is 5.43 Å². The van der Waals surface area contributed by atoms with Gasteiger partial charge in [0.15, 0.2) is 5.76 Å². The Hall–Kier alpha value is -2.27. The molecular formula is C16H20N2O3. The summed E-state index contributed by atoms with van der Waals surface area (Å²) >= 11 is 0. The maximum absolute atomic E-state index is 11.4. The molecule has 0 bridgehead atoms. The fraction of sp³-hybridized carbons (Fsp3) is 0.312. The number of benzene rings is 1. The lowest BCUT2D eigenvalue weighted by molar-refractivity contribution is 0.0924. The Morgan fingerprint density at radius 3 is 2.38 bits per heavy atom. The molecule has 2 aromatic rings. The maximum Gasteiger partial charge on any atom is 0.300 e. The van der Waals surface area contributed by atoms with Gasteiger partial charge in [-0.05, 0) is 44.9 Å². The van der Waals surface area contributed by atoms with Crippen LogP contribution in [0.5, 0.6) is 5.75 Å². The molecule has 21 heavy (non-hydrogen) atoms. The molecule has 0 fully saturated rings. The molecule has 0 aliphatic heterocycles. The Balaban J connectivity index is 2.17. The summed E-state index contributed by atoms with van der Waals surface area (Å²) in [6.07, 6.45) is 0. The van der Waals surface area contributed by atoms with Gasteiger partial charge in [-0.25, -0.2) is 5.84 Å². The SMILES string of the molecule is Cc1cc(C)c(OCc2cc(C(=O)NN)oc2C)c(C)c1. The van der Waals surface area contributed by atoms with Gasteiger partial charge in [0, 0.05) is 5.56 Å². The number of hydrogen-bond acceptors (Lipinski definition) is 4. The van der Waals surface area contributed by atoms with Gasteiger partial charge in [-0.3, -0.25) is 10.2 Å². The molecule has 0 atom stereocenters. The van der Waals surface area contributed by atoms with Gasteiger partial charge in [0.25, 0.3) is 0 Å². The summed E-state index contributed by atoms with van der Waals surface area (Å²) in [5.41, 5.74) is 6.26. The molecule has 0 radical (unpaired) electrons. The number of nitrogens with two attached hydrogens (primary N) is 1. The molecule has 1 amide bonds. The van der Waals surface area contributed by atoms with E-state index in [1.54, 1.807) is 13.0 Å². The van der Waals surface area contributed by atoms with Crippen LogP contribution in [0.3, 0.4) is 0 Å². The van der Waals surface area contributed by atoms with Crippen molar-refractivity contribution >= 4 is 5.91 Å². The second-order valence-electron chi connectivity index (χ2n) is 5.18. The minimum absolute atomic E-state index is 0.186. The van der Waals surface area contributed by atoms with E-state index in [-0.39, 0.29) is 5.76 Å². The molecule has 0 aliphatic carbocycles. The van der Waals surface area contributed by atoms with Gasteiger partial charge in [0.1, 0.15) is 18.1 Å². The first-order valence-corrected chi connectivity index (χ1v) is 6.73. The number of carbonyl (C=O) groups excluding carboxylic acids is 1. The Morgan fingerprint density at radius 1 is 1.19 bits per heavy atom. The summed E-state index contributed by atoms with van der Waals surface area (Å²) in [4.78, 5) is 11.4. The topological polar surface area (TPSA) is 77.5 Å². The summed E-state index contributed by atoms with van der Waals surface area (Å²) in [5, 5.41) is 0. The van der Waals surface area contributed by atoms with Crippen LogP contribution < -0.4 is 16.0 Å². The minimum atomic E-state index is -0.452. The Labute approximate surface area is 124 Å². The van der Waals surface area contributed by atoms with Crippen LogP contribution in [0.1, 0.15) is 38.6 Å².